The first kappa shape index (κ1) is 16.0. The summed E-state index contributed by atoms with van der Waals surface area (Å²) in [7, 11) is 0. The smallest absolute Gasteiger partial charge is 0.324 e. The third kappa shape index (κ3) is 3.72. The van der Waals surface area contributed by atoms with Crippen LogP contribution in [-0.2, 0) is 11.2 Å². The summed E-state index contributed by atoms with van der Waals surface area (Å²) in [4.78, 5) is 25.8. The molecule has 3 amide bonds. The van der Waals surface area contributed by atoms with Crippen molar-refractivity contribution in [3.8, 4) is 0 Å². The van der Waals surface area contributed by atoms with E-state index in [1.807, 2.05) is 30.3 Å². The van der Waals surface area contributed by atoms with Gasteiger partial charge in [-0.1, -0.05) is 49.6 Å². The van der Waals surface area contributed by atoms with Crippen LogP contribution in [0.3, 0.4) is 0 Å². The third-order valence-corrected chi connectivity index (χ3v) is 4.91. The molecule has 0 aromatic heterocycles. The van der Waals surface area contributed by atoms with E-state index in [-0.39, 0.29) is 18.5 Å². The Bertz CT molecular complexity index is 567. The lowest BCUT2D eigenvalue weighted by Gasteiger charge is -2.34. The van der Waals surface area contributed by atoms with E-state index in [2.05, 4.69) is 5.32 Å². The molecule has 2 aliphatic rings. The standard InChI is InChI=1S/C18H24N2O3/c21-16-15(10-9-14-7-3-1-4-8-14)19-17(22)20(16)13-18(23)11-5-2-6-12-18/h1,3-4,7-8,15,23H,2,5-6,9-13H2,(H,19,22). The van der Waals surface area contributed by atoms with Crippen LogP contribution in [0.15, 0.2) is 30.3 Å². The van der Waals surface area contributed by atoms with Gasteiger partial charge in [0.15, 0.2) is 0 Å². The number of aliphatic hydroxyl groups is 1. The zero-order valence-corrected chi connectivity index (χ0v) is 13.3. The Morgan fingerprint density at radius 1 is 1.13 bits per heavy atom. The number of carbonyl (C=O) groups is 2. The molecule has 0 bridgehead atoms. The van der Waals surface area contributed by atoms with Crippen LogP contribution in [0.2, 0.25) is 0 Å². The van der Waals surface area contributed by atoms with E-state index in [9.17, 15) is 14.7 Å². The van der Waals surface area contributed by atoms with Gasteiger partial charge in [0.2, 0.25) is 0 Å². The quantitative estimate of drug-likeness (QED) is 0.819. The molecule has 1 atom stereocenters. The molecule has 1 aromatic rings. The average Bonchev–Trinajstić information content (AvgIpc) is 2.82. The average molecular weight is 316 g/mol. The highest BCUT2D eigenvalue weighted by Gasteiger charge is 2.42. The number of benzene rings is 1. The summed E-state index contributed by atoms with van der Waals surface area (Å²) >= 11 is 0. The Hall–Kier alpha value is -1.88. The SMILES string of the molecule is O=C1NC(CCc2ccccc2)C(=O)N1CC1(O)CCCCC1. The summed E-state index contributed by atoms with van der Waals surface area (Å²) in [6.45, 7) is 0.125. The molecule has 1 unspecified atom stereocenters. The van der Waals surface area contributed by atoms with Crippen LogP contribution in [0.25, 0.3) is 0 Å². The number of hydrogen-bond donors (Lipinski definition) is 2. The maximum absolute atomic E-state index is 12.5. The Morgan fingerprint density at radius 3 is 2.52 bits per heavy atom. The number of β-amino-alcohol motifs (C(OH)–C–C–N with tert-alkyl or cyclic N) is 1. The van der Waals surface area contributed by atoms with Crippen molar-refractivity contribution in [2.45, 2.75) is 56.6 Å². The number of imide groups is 1. The van der Waals surface area contributed by atoms with E-state index in [1.165, 1.54) is 4.90 Å². The molecular formula is C18H24N2O3. The predicted molar refractivity (Wildman–Crippen MR) is 86.8 cm³/mol. The Labute approximate surface area is 136 Å². The van der Waals surface area contributed by atoms with Gasteiger partial charge in [0, 0.05) is 0 Å². The summed E-state index contributed by atoms with van der Waals surface area (Å²) in [5.41, 5.74) is 0.249. The van der Waals surface area contributed by atoms with Crippen molar-refractivity contribution in [1.29, 1.82) is 0 Å². The van der Waals surface area contributed by atoms with Crippen molar-refractivity contribution < 1.29 is 14.7 Å². The largest absolute Gasteiger partial charge is 0.388 e. The van der Waals surface area contributed by atoms with E-state index >= 15 is 0 Å². The van der Waals surface area contributed by atoms with E-state index in [0.29, 0.717) is 19.3 Å². The van der Waals surface area contributed by atoms with Gasteiger partial charge in [-0.2, -0.15) is 0 Å². The summed E-state index contributed by atoms with van der Waals surface area (Å²) < 4.78 is 0. The zero-order valence-electron chi connectivity index (χ0n) is 13.3. The van der Waals surface area contributed by atoms with Crippen LogP contribution in [-0.4, -0.2) is 40.1 Å². The van der Waals surface area contributed by atoms with Gasteiger partial charge in [-0.3, -0.25) is 9.69 Å². The normalized spacial score (nSPS) is 23.9. The summed E-state index contributed by atoms with van der Waals surface area (Å²) in [6, 6.07) is 9.08. The second-order valence-corrected chi connectivity index (χ2v) is 6.74. The first-order chi connectivity index (χ1) is 11.1. The molecule has 0 radical (unpaired) electrons. The summed E-state index contributed by atoms with van der Waals surface area (Å²) in [5, 5.41) is 13.3. The molecule has 23 heavy (non-hydrogen) atoms. The molecule has 2 N–H and O–H groups in total. The fraction of sp³-hybridized carbons (Fsp3) is 0.556. The summed E-state index contributed by atoms with van der Waals surface area (Å²) in [5.74, 6) is -0.204. The number of amides is 3. The second-order valence-electron chi connectivity index (χ2n) is 6.74. The minimum absolute atomic E-state index is 0.125. The zero-order chi connectivity index (χ0) is 16.3. The number of urea groups is 1. The topological polar surface area (TPSA) is 69.6 Å². The van der Waals surface area contributed by atoms with Crippen molar-refractivity contribution in [1.82, 2.24) is 10.2 Å². The molecule has 1 saturated carbocycles. The van der Waals surface area contributed by atoms with Crippen molar-refractivity contribution in [2.75, 3.05) is 6.54 Å². The lowest BCUT2D eigenvalue weighted by atomic mass is 9.84. The molecule has 124 valence electrons. The fourth-order valence-electron chi connectivity index (χ4n) is 3.54. The van der Waals surface area contributed by atoms with E-state index in [1.54, 1.807) is 0 Å². The molecule has 1 aliphatic heterocycles. The minimum Gasteiger partial charge on any atom is -0.388 e. The van der Waals surface area contributed by atoms with Crippen molar-refractivity contribution >= 4 is 11.9 Å². The van der Waals surface area contributed by atoms with E-state index < -0.39 is 11.6 Å². The lowest BCUT2D eigenvalue weighted by molar-refractivity contribution is -0.131. The van der Waals surface area contributed by atoms with Crippen molar-refractivity contribution in [3.05, 3.63) is 35.9 Å². The number of carbonyl (C=O) groups excluding carboxylic acids is 2. The monoisotopic (exact) mass is 316 g/mol. The molecule has 5 nitrogen and oxygen atoms in total. The number of aryl methyl sites for hydroxylation is 1. The van der Waals surface area contributed by atoms with Crippen LogP contribution in [0.4, 0.5) is 4.79 Å². The molecule has 2 fully saturated rings. The minimum atomic E-state index is -0.903. The van der Waals surface area contributed by atoms with Gasteiger partial charge >= 0.3 is 6.03 Å². The Kier molecular flexibility index (Phi) is 4.66. The van der Waals surface area contributed by atoms with Crippen molar-refractivity contribution in [2.24, 2.45) is 0 Å². The van der Waals surface area contributed by atoms with Crippen LogP contribution in [0.1, 0.15) is 44.1 Å². The first-order valence-electron chi connectivity index (χ1n) is 8.46. The van der Waals surface area contributed by atoms with Crippen LogP contribution < -0.4 is 5.32 Å². The number of hydrogen-bond acceptors (Lipinski definition) is 3. The number of nitrogens with one attached hydrogen (secondary N) is 1. The van der Waals surface area contributed by atoms with E-state index in [0.717, 1.165) is 31.2 Å². The van der Waals surface area contributed by atoms with Crippen LogP contribution >= 0.6 is 0 Å². The van der Waals surface area contributed by atoms with Gasteiger partial charge in [-0.25, -0.2) is 4.79 Å². The van der Waals surface area contributed by atoms with Gasteiger partial charge in [0.25, 0.3) is 5.91 Å². The number of rotatable bonds is 5. The maximum Gasteiger partial charge on any atom is 0.324 e. The highest BCUT2D eigenvalue weighted by molar-refractivity contribution is 6.04. The highest BCUT2D eigenvalue weighted by atomic mass is 16.3. The molecule has 1 aromatic carbocycles. The maximum atomic E-state index is 12.5. The second kappa shape index (κ2) is 6.71. The van der Waals surface area contributed by atoms with E-state index in [4.69, 9.17) is 0 Å². The van der Waals surface area contributed by atoms with Crippen molar-refractivity contribution in [3.63, 3.8) is 0 Å². The van der Waals surface area contributed by atoms with Gasteiger partial charge in [0.05, 0.1) is 12.1 Å². The first-order valence-corrected chi connectivity index (χ1v) is 8.46. The molecule has 1 heterocycles. The van der Waals surface area contributed by atoms with Gasteiger partial charge in [0.1, 0.15) is 6.04 Å². The molecular weight excluding hydrogens is 292 g/mol. The highest BCUT2D eigenvalue weighted by Crippen LogP contribution is 2.30. The Balaban J connectivity index is 1.58. The molecule has 5 heteroatoms. The molecule has 1 saturated heterocycles. The van der Waals surface area contributed by atoms with Crippen LogP contribution in [0.5, 0.6) is 0 Å². The van der Waals surface area contributed by atoms with Gasteiger partial charge < -0.3 is 10.4 Å². The predicted octanol–water partition coefficient (Wildman–Crippen LogP) is 2.23. The Morgan fingerprint density at radius 2 is 1.83 bits per heavy atom. The van der Waals surface area contributed by atoms with Gasteiger partial charge in [-0.15, -0.1) is 0 Å². The third-order valence-electron chi connectivity index (χ3n) is 4.91. The molecule has 3 rings (SSSR count). The van der Waals surface area contributed by atoms with Crippen LogP contribution in [0, 0.1) is 0 Å². The fourth-order valence-corrected chi connectivity index (χ4v) is 3.54. The molecule has 1 aliphatic carbocycles. The number of nitrogens with zero attached hydrogens (tertiary/aromatic N) is 1. The lowest BCUT2D eigenvalue weighted by Crippen LogP contribution is -2.47. The molecule has 0 spiro atoms. The summed E-state index contributed by atoms with van der Waals surface area (Å²) in [6.07, 6.45) is 5.69. The van der Waals surface area contributed by atoms with Gasteiger partial charge in [-0.05, 0) is 31.2 Å².